The summed E-state index contributed by atoms with van der Waals surface area (Å²) < 4.78 is 7.73. The van der Waals surface area contributed by atoms with Crippen LogP contribution in [0.2, 0.25) is 0 Å². The lowest BCUT2D eigenvalue weighted by Gasteiger charge is -2.30. The molecule has 29 heavy (non-hydrogen) atoms. The molecule has 2 aromatic rings. The zero-order valence-corrected chi connectivity index (χ0v) is 17.4. The number of amides is 1. The summed E-state index contributed by atoms with van der Waals surface area (Å²) >= 11 is 0. The highest BCUT2D eigenvalue weighted by Crippen LogP contribution is 2.38. The first-order chi connectivity index (χ1) is 13.9. The lowest BCUT2D eigenvalue weighted by molar-refractivity contribution is -0.155. The summed E-state index contributed by atoms with van der Waals surface area (Å²) in [5, 5.41) is 0. The van der Waals surface area contributed by atoms with Crippen molar-refractivity contribution in [1.29, 1.82) is 0 Å². The summed E-state index contributed by atoms with van der Waals surface area (Å²) in [6.07, 6.45) is 5.70. The van der Waals surface area contributed by atoms with Gasteiger partial charge in [-0.2, -0.15) is 0 Å². The number of carbonyl (C=O) groups excluding carboxylic acids is 2. The molecule has 1 aromatic carbocycles. The number of fused-ring (bicyclic) bond motifs is 1. The predicted molar refractivity (Wildman–Crippen MR) is 112 cm³/mol. The molecule has 1 fully saturated rings. The molecule has 1 aromatic heterocycles. The van der Waals surface area contributed by atoms with E-state index in [1.165, 1.54) is 35.9 Å². The van der Waals surface area contributed by atoms with Crippen molar-refractivity contribution in [2.45, 2.75) is 58.7 Å². The number of rotatable bonds is 5. The van der Waals surface area contributed by atoms with Crippen LogP contribution in [0.3, 0.4) is 0 Å². The molecule has 5 heteroatoms. The van der Waals surface area contributed by atoms with Crippen LogP contribution in [-0.4, -0.2) is 34.0 Å². The van der Waals surface area contributed by atoms with Crippen LogP contribution in [0.4, 0.5) is 0 Å². The maximum Gasteiger partial charge on any atom is 0.331 e. The molecule has 4 rings (SSSR count). The van der Waals surface area contributed by atoms with Gasteiger partial charge in [0.1, 0.15) is 0 Å². The SMILES string of the molecule is Cc1cc(/C=C/C(=O)O[C@@H](C)C(=O)N2CCc3ccccc3C2)c(C)n1C1CC1. The summed E-state index contributed by atoms with van der Waals surface area (Å²) in [7, 11) is 0. The highest BCUT2D eigenvalue weighted by atomic mass is 16.5. The van der Waals surface area contributed by atoms with Crippen LogP contribution < -0.4 is 0 Å². The zero-order valence-electron chi connectivity index (χ0n) is 17.4. The average molecular weight is 392 g/mol. The van der Waals surface area contributed by atoms with Gasteiger partial charge in [0, 0.05) is 36.6 Å². The normalized spacial score (nSPS) is 17.3. The van der Waals surface area contributed by atoms with Crippen molar-refractivity contribution < 1.29 is 14.3 Å². The van der Waals surface area contributed by atoms with Gasteiger partial charge in [0.15, 0.2) is 6.10 Å². The van der Waals surface area contributed by atoms with E-state index in [1.807, 2.05) is 18.2 Å². The molecule has 1 aliphatic carbocycles. The molecule has 1 aliphatic heterocycles. The second-order valence-electron chi connectivity index (χ2n) is 8.12. The summed E-state index contributed by atoms with van der Waals surface area (Å²) in [5.41, 5.74) is 5.86. The van der Waals surface area contributed by atoms with Crippen molar-refractivity contribution in [2.24, 2.45) is 0 Å². The maximum absolute atomic E-state index is 12.7. The molecule has 0 N–H and O–H groups in total. The molecule has 0 radical (unpaired) electrons. The third-order valence-electron chi connectivity index (χ3n) is 5.92. The van der Waals surface area contributed by atoms with E-state index in [9.17, 15) is 9.59 Å². The lowest BCUT2D eigenvalue weighted by atomic mass is 9.99. The minimum atomic E-state index is -0.795. The van der Waals surface area contributed by atoms with Crippen molar-refractivity contribution in [2.75, 3.05) is 6.54 Å². The number of hydrogen-bond acceptors (Lipinski definition) is 3. The molecule has 0 saturated heterocycles. The van der Waals surface area contributed by atoms with E-state index in [0.29, 0.717) is 19.1 Å². The Morgan fingerprint density at radius 3 is 2.62 bits per heavy atom. The zero-order chi connectivity index (χ0) is 20.5. The fourth-order valence-electron chi connectivity index (χ4n) is 4.23. The average Bonchev–Trinajstić information content (AvgIpc) is 3.50. The predicted octanol–water partition coefficient (Wildman–Crippen LogP) is 3.97. The minimum Gasteiger partial charge on any atom is -0.449 e. The smallest absolute Gasteiger partial charge is 0.331 e. The standard InChI is InChI=1S/C24H28N2O3/c1-16-14-20(17(2)26(16)22-9-10-22)8-11-23(27)29-18(3)24(28)25-13-12-19-6-4-5-7-21(19)15-25/h4-8,11,14,18,22H,9-10,12-13,15H2,1-3H3/b11-8+/t18-/m0/s1. The molecule has 2 heterocycles. The molecule has 152 valence electrons. The topological polar surface area (TPSA) is 51.5 Å². The number of aryl methyl sites for hydroxylation is 1. The highest BCUT2D eigenvalue weighted by Gasteiger charge is 2.27. The largest absolute Gasteiger partial charge is 0.449 e. The van der Waals surface area contributed by atoms with E-state index in [0.717, 1.165) is 17.5 Å². The van der Waals surface area contributed by atoms with Gasteiger partial charge >= 0.3 is 5.97 Å². The molecule has 0 spiro atoms. The fraction of sp³-hybridized carbons (Fsp3) is 0.417. The van der Waals surface area contributed by atoms with Crippen LogP contribution in [0.15, 0.2) is 36.4 Å². The van der Waals surface area contributed by atoms with Crippen molar-refractivity contribution in [3.05, 3.63) is 64.5 Å². The molecule has 1 amide bonds. The van der Waals surface area contributed by atoms with Crippen LogP contribution in [0.5, 0.6) is 0 Å². The minimum absolute atomic E-state index is 0.145. The molecular weight excluding hydrogens is 364 g/mol. The Hall–Kier alpha value is -2.82. The second-order valence-corrected chi connectivity index (χ2v) is 8.12. The summed E-state index contributed by atoms with van der Waals surface area (Å²) in [6.45, 7) is 7.04. The van der Waals surface area contributed by atoms with Gasteiger partial charge in [0.25, 0.3) is 5.91 Å². The summed E-state index contributed by atoms with van der Waals surface area (Å²) in [6, 6.07) is 10.9. The van der Waals surface area contributed by atoms with Gasteiger partial charge < -0.3 is 14.2 Å². The number of ether oxygens (including phenoxy) is 1. The van der Waals surface area contributed by atoms with Crippen LogP contribution in [-0.2, 0) is 27.3 Å². The Kier molecular flexibility index (Phi) is 5.31. The van der Waals surface area contributed by atoms with Gasteiger partial charge in [0.2, 0.25) is 0 Å². The van der Waals surface area contributed by atoms with Gasteiger partial charge in [0.05, 0.1) is 0 Å². The first kappa shape index (κ1) is 19.5. The number of hydrogen-bond donors (Lipinski definition) is 0. The van der Waals surface area contributed by atoms with Crippen LogP contribution in [0.25, 0.3) is 6.08 Å². The van der Waals surface area contributed by atoms with E-state index in [-0.39, 0.29) is 5.91 Å². The Morgan fingerprint density at radius 1 is 1.17 bits per heavy atom. The van der Waals surface area contributed by atoms with Crippen molar-refractivity contribution in [1.82, 2.24) is 9.47 Å². The monoisotopic (exact) mass is 392 g/mol. The van der Waals surface area contributed by atoms with E-state index in [4.69, 9.17) is 4.74 Å². The quantitative estimate of drug-likeness (QED) is 0.571. The first-order valence-electron chi connectivity index (χ1n) is 10.4. The van der Waals surface area contributed by atoms with E-state index in [2.05, 4.69) is 30.5 Å². The third-order valence-corrected chi connectivity index (χ3v) is 5.92. The molecule has 0 bridgehead atoms. The molecule has 1 atom stereocenters. The number of aromatic nitrogens is 1. The highest BCUT2D eigenvalue weighted by molar-refractivity contribution is 5.90. The lowest BCUT2D eigenvalue weighted by Crippen LogP contribution is -2.42. The molecule has 0 unspecified atom stereocenters. The van der Waals surface area contributed by atoms with Crippen molar-refractivity contribution in [3.8, 4) is 0 Å². The number of esters is 1. The summed E-state index contributed by atoms with van der Waals surface area (Å²) in [4.78, 5) is 26.8. The number of carbonyl (C=O) groups is 2. The van der Waals surface area contributed by atoms with Crippen LogP contribution >= 0.6 is 0 Å². The number of nitrogens with zero attached hydrogens (tertiary/aromatic N) is 2. The Bertz CT molecular complexity index is 969. The van der Waals surface area contributed by atoms with E-state index < -0.39 is 12.1 Å². The summed E-state index contributed by atoms with van der Waals surface area (Å²) in [5.74, 6) is -0.632. The Labute approximate surface area is 172 Å². The Morgan fingerprint density at radius 2 is 1.90 bits per heavy atom. The fourth-order valence-corrected chi connectivity index (χ4v) is 4.23. The molecule has 2 aliphatic rings. The number of benzene rings is 1. The van der Waals surface area contributed by atoms with Crippen molar-refractivity contribution in [3.63, 3.8) is 0 Å². The first-order valence-corrected chi connectivity index (χ1v) is 10.4. The van der Waals surface area contributed by atoms with Crippen molar-refractivity contribution >= 4 is 18.0 Å². The van der Waals surface area contributed by atoms with Gasteiger partial charge in [-0.25, -0.2) is 4.79 Å². The van der Waals surface area contributed by atoms with Gasteiger partial charge in [-0.05, 0) is 68.9 Å². The third kappa shape index (κ3) is 4.14. The molecular formula is C24H28N2O3. The van der Waals surface area contributed by atoms with Gasteiger partial charge in [-0.15, -0.1) is 0 Å². The second kappa shape index (κ2) is 7.90. The van der Waals surface area contributed by atoms with Crippen LogP contribution in [0.1, 0.15) is 53.9 Å². The molecule has 1 saturated carbocycles. The molecule has 5 nitrogen and oxygen atoms in total. The van der Waals surface area contributed by atoms with Crippen LogP contribution in [0, 0.1) is 13.8 Å². The Balaban J connectivity index is 1.35. The van der Waals surface area contributed by atoms with Gasteiger partial charge in [-0.3, -0.25) is 4.79 Å². The van der Waals surface area contributed by atoms with E-state index >= 15 is 0 Å². The van der Waals surface area contributed by atoms with E-state index in [1.54, 1.807) is 17.9 Å². The maximum atomic E-state index is 12.7. The van der Waals surface area contributed by atoms with Gasteiger partial charge in [-0.1, -0.05) is 24.3 Å².